The van der Waals surface area contributed by atoms with Crippen LogP contribution in [0.15, 0.2) is 12.5 Å². The highest BCUT2D eigenvalue weighted by molar-refractivity contribution is 5.01. The van der Waals surface area contributed by atoms with Crippen molar-refractivity contribution in [2.24, 2.45) is 0 Å². The van der Waals surface area contributed by atoms with Gasteiger partial charge in [-0.3, -0.25) is 4.90 Å². The third kappa shape index (κ3) is 6.58. The zero-order chi connectivity index (χ0) is 17.0. The van der Waals surface area contributed by atoms with Gasteiger partial charge >= 0.3 is 0 Å². The number of unbranched alkanes of at least 4 members (excludes halogenated alkanes) is 8. The fraction of sp³-hybridized carbons (Fsp3) is 0.857. The van der Waals surface area contributed by atoms with E-state index in [1.54, 1.807) is 0 Å². The van der Waals surface area contributed by atoms with Crippen LogP contribution in [-0.2, 0) is 13.1 Å². The van der Waals surface area contributed by atoms with E-state index >= 15 is 0 Å². The largest absolute Gasteiger partial charge is 0.332 e. The Labute approximate surface area is 149 Å². The van der Waals surface area contributed by atoms with Gasteiger partial charge in [-0.1, -0.05) is 78.1 Å². The van der Waals surface area contributed by atoms with Crippen LogP contribution in [0.3, 0.4) is 0 Å². The fourth-order valence-electron chi connectivity index (χ4n) is 3.99. The van der Waals surface area contributed by atoms with E-state index in [1.807, 2.05) is 6.33 Å². The van der Waals surface area contributed by atoms with Crippen molar-refractivity contribution in [1.29, 1.82) is 0 Å². The number of aromatic nitrogens is 2. The Morgan fingerprint density at radius 1 is 0.875 bits per heavy atom. The maximum Gasteiger partial charge on any atom is 0.0949 e. The van der Waals surface area contributed by atoms with E-state index in [2.05, 4.69) is 34.5 Å². The number of nitrogens with zero attached hydrogens (tertiary/aromatic N) is 3. The van der Waals surface area contributed by atoms with Gasteiger partial charge < -0.3 is 4.57 Å². The highest BCUT2D eigenvalue weighted by atomic mass is 15.2. The molecule has 0 aromatic carbocycles. The first-order valence-corrected chi connectivity index (χ1v) is 10.6. The maximum atomic E-state index is 4.33. The molecule has 2 rings (SSSR count). The summed E-state index contributed by atoms with van der Waals surface area (Å²) in [6.07, 6.45) is 20.9. The van der Waals surface area contributed by atoms with Gasteiger partial charge in [-0.25, -0.2) is 4.98 Å². The molecule has 2 heterocycles. The second kappa shape index (κ2) is 11.7. The summed E-state index contributed by atoms with van der Waals surface area (Å²) in [6.45, 7) is 8.04. The summed E-state index contributed by atoms with van der Waals surface area (Å²) in [5, 5.41) is 0. The Bertz CT molecular complexity index is 412. The molecule has 0 bridgehead atoms. The molecule has 1 aromatic heterocycles. The van der Waals surface area contributed by atoms with E-state index in [1.165, 1.54) is 89.3 Å². The van der Waals surface area contributed by atoms with Crippen LogP contribution >= 0.6 is 0 Å². The van der Waals surface area contributed by atoms with Crippen molar-refractivity contribution in [3.05, 3.63) is 18.2 Å². The van der Waals surface area contributed by atoms with Crippen LogP contribution < -0.4 is 0 Å². The third-order valence-electron chi connectivity index (χ3n) is 5.59. The second-order valence-electron chi connectivity index (χ2n) is 7.61. The predicted molar refractivity (Wildman–Crippen MR) is 103 cm³/mol. The minimum atomic E-state index is 0.789. The zero-order valence-corrected chi connectivity index (χ0v) is 16.2. The van der Waals surface area contributed by atoms with Crippen molar-refractivity contribution < 1.29 is 0 Å². The first-order chi connectivity index (χ1) is 11.8. The van der Waals surface area contributed by atoms with Crippen molar-refractivity contribution in [1.82, 2.24) is 14.5 Å². The molecule has 138 valence electrons. The Balaban J connectivity index is 1.78. The molecular formula is C21H39N3. The van der Waals surface area contributed by atoms with Gasteiger partial charge in [0.25, 0.3) is 0 Å². The smallest absolute Gasteiger partial charge is 0.0949 e. The first-order valence-electron chi connectivity index (χ1n) is 10.6. The lowest BCUT2D eigenvalue weighted by Crippen LogP contribution is -2.41. The molecule has 0 saturated carbocycles. The molecule has 0 amide bonds. The topological polar surface area (TPSA) is 21.1 Å². The highest BCUT2D eigenvalue weighted by Crippen LogP contribution is 2.22. The van der Waals surface area contributed by atoms with Crippen LogP contribution in [0.5, 0.6) is 0 Å². The number of rotatable bonds is 13. The van der Waals surface area contributed by atoms with Gasteiger partial charge in [0, 0.05) is 31.9 Å². The van der Waals surface area contributed by atoms with Crippen LogP contribution in [0.1, 0.15) is 96.6 Å². The minimum absolute atomic E-state index is 0.789. The standard InChI is InChI=1S/C21H39N3/c1-3-5-7-9-11-13-20(14-12-10-8-6-4-2)23-15-16-24-19-22-17-21(24)18-23/h17,19-20H,3-16,18H2,1-2H3. The van der Waals surface area contributed by atoms with E-state index in [0.717, 1.165) is 19.1 Å². The van der Waals surface area contributed by atoms with Crippen LogP contribution in [0, 0.1) is 0 Å². The number of hydrogen-bond donors (Lipinski definition) is 0. The van der Waals surface area contributed by atoms with Crippen LogP contribution in [-0.4, -0.2) is 27.0 Å². The molecule has 0 atom stereocenters. The molecule has 1 aliphatic rings. The summed E-state index contributed by atoms with van der Waals surface area (Å²) in [6, 6.07) is 0.789. The van der Waals surface area contributed by atoms with Crippen molar-refractivity contribution in [3.63, 3.8) is 0 Å². The third-order valence-corrected chi connectivity index (χ3v) is 5.59. The van der Waals surface area contributed by atoms with Gasteiger partial charge in [0.05, 0.1) is 12.0 Å². The van der Waals surface area contributed by atoms with Crippen molar-refractivity contribution >= 4 is 0 Å². The van der Waals surface area contributed by atoms with E-state index < -0.39 is 0 Å². The lowest BCUT2D eigenvalue weighted by atomic mass is 9.98. The monoisotopic (exact) mass is 333 g/mol. The Kier molecular flexibility index (Phi) is 9.48. The fourth-order valence-corrected chi connectivity index (χ4v) is 3.99. The van der Waals surface area contributed by atoms with Gasteiger partial charge in [-0.2, -0.15) is 0 Å². The average Bonchev–Trinajstić information content (AvgIpc) is 3.07. The molecule has 0 aliphatic carbocycles. The SMILES string of the molecule is CCCCCCCC(CCCCCCC)N1CCn2cncc2C1. The van der Waals surface area contributed by atoms with Crippen molar-refractivity contribution in [2.45, 2.75) is 110 Å². The van der Waals surface area contributed by atoms with E-state index in [9.17, 15) is 0 Å². The molecule has 1 aromatic rings. The summed E-state index contributed by atoms with van der Waals surface area (Å²) >= 11 is 0. The minimum Gasteiger partial charge on any atom is -0.332 e. The lowest BCUT2D eigenvalue weighted by Gasteiger charge is -2.35. The summed E-state index contributed by atoms with van der Waals surface area (Å²) in [5.41, 5.74) is 1.41. The highest BCUT2D eigenvalue weighted by Gasteiger charge is 2.23. The van der Waals surface area contributed by atoms with Gasteiger partial charge in [0.1, 0.15) is 0 Å². The number of hydrogen-bond acceptors (Lipinski definition) is 2. The number of fused-ring (bicyclic) bond motifs is 1. The zero-order valence-electron chi connectivity index (χ0n) is 16.2. The molecule has 0 radical (unpaired) electrons. The average molecular weight is 334 g/mol. The molecule has 0 fully saturated rings. The number of imidazole rings is 1. The van der Waals surface area contributed by atoms with Gasteiger partial charge in [-0.15, -0.1) is 0 Å². The molecular weight excluding hydrogens is 294 g/mol. The molecule has 3 heteroatoms. The van der Waals surface area contributed by atoms with Crippen molar-refractivity contribution in [2.75, 3.05) is 6.54 Å². The van der Waals surface area contributed by atoms with E-state index in [4.69, 9.17) is 0 Å². The molecule has 0 N–H and O–H groups in total. The molecule has 24 heavy (non-hydrogen) atoms. The molecule has 0 saturated heterocycles. The molecule has 0 spiro atoms. The Morgan fingerprint density at radius 3 is 2.12 bits per heavy atom. The van der Waals surface area contributed by atoms with Crippen LogP contribution in [0.25, 0.3) is 0 Å². The molecule has 3 nitrogen and oxygen atoms in total. The van der Waals surface area contributed by atoms with Crippen LogP contribution in [0.4, 0.5) is 0 Å². The summed E-state index contributed by atoms with van der Waals surface area (Å²) in [4.78, 5) is 7.07. The summed E-state index contributed by atoms with van der Waals surface area (Å²) in [5.74, 6) is 0. The second-order valence-corrected chi connectivity index (χ2v) is 7.61. The van der Waals surface area contributed by atoms with E-state index in [-0.39, 0.29) is 0 Å². The van der Waals surface area contributed by atoms with Gasteiger partial charge in [-0.05, 0) is 12.8 Å². The predicted octanol–water partition coefficient (Wildman–Crippen LogP) is 5.79. The van der Waals surface area contributed by atoms with Gasteiger partial charge in [0.15, 0.2) is 0 Å². The quantitative estimate of drug-likeness (QED) is 0.426. The normalized spacial score (nSPS) is 15.1. The lowest BCUT2D eigenvalue weighted by molar-refractivity contribution is 0.135. The van der Waals surface area contributed by atoms with E-state index in [0.29, 0.717) is 0 Å². The van der Waals surface area contributed by atoms with Gasteiger partial charge in [0.2, 0.25) is 0 Å². The Morgan fingerprint density at radius 2 is 1.50 bits per heavy atom. The summed E-state index contributed by atoms with van der Waals surface area (Å²) < 4.78 is 2.33. The van der Waals surface area contributed by atoms with Crippen molar-refractivity contribution in [3.8, 4) is 0 Å². The Hall–Kier alpha value is -0.830. The maximum absolute atomic E-state index is 4.33. The molecule has 0 unspecified atom stereocenters. The molecule has 1 aliphatic heterocycles. The van der Waals surface area contributed by atoms with Crippen LogP contribution in [0.2, 0.25) is 0 Å². The first kappa shape index (κ1) is 19.5. The summed E-state index contributed by atoms with van der Waals surface area (Å²) in [7, 11) is 0.